The fourth-order valence-corrected chi connectivity index (χ4v) is 3.48. The Morgan fingerprint density at radius 3 is 3.00 bits per heavy atom. The Labute approximate surface area is 176 Å². The number of benzene rings is 1. The van der Waals surface area contributed by atoms with Gasteiger partial charge >= 0.3 is 0 Å². The van der Waals surface area contributed by atoms with Gasteiger partial charge in [0.25, 0.3) is 0 Å². The number of pyridine rings is 1. The van der Waals surface area contributed by atoms with Crippen LogP contribution in [0.2, 0.25) is 5.02 Å². The third-order valence-electron chi connectivity index (χ3n) is 4.85. The average molecular weight is 432 g/mol. The SMILES string of the molecule is N=C(c1ccnc2nc(NCCN3CCCC3=O)[nH]c12)N(O)c1ccc(F)c(Cl)c1. The number of carbonyl (C=O) groups is 1. The zero-order valence-electron chi connectivity index (χ0n) is 15.8. The first-order chi connectivity index (χ1) is 14.4. The van der Waals surface area contributed by atoms with Crippen LogP contribution in [0.15, 0.2) is 30.5 Å². The molecule has 1 aliphatic heterocycles. The van der Waals surface area contributed by atoms with Crippen molar-refractivity contribution in [3.63, 3.8) is 0 Å². The predicted molar refractivity (Wildman–Crippen MR) is 111 cm³/mol. The maximum atomic E-state index is 13.4. The van der Waals surface area contributed by atoms with E-state index in [0.29, 0.717) is 47.2 Å². The van der Waals surface area contributed by atoms with Crippen LogP contribution in [0.1, 0.15) is 18.4 Å². The van der Waals surface area contributed by atoms with Crippen LogP contribution < -0.4 is 10.4 Å². The fraction of sp³-hybridized carbons (Fsp3) is 0.263. The maximum absolute atomic E-state index is 13.4. The number of likely N-dealkylation sites (tertiary alicyclic amines) is 1. The molecule has 4 N–H and O–H groups in total. The highest BCUT2D eigenvalue weighted by Crippen LogP contribution is 2.25. The molecular weight excluding hydrogens is 413 g/mol. The van der Waals surface area contributed by atoms with Gasteiger partial charge in [-0.2, -0.15) is 4.98 Å². The molecule has 0 bridgehead atoms. The van der Waals surface area contributed by atoms with Crippen LogP contribution in [0, 0.1) is 11.2 Å². The third kappa shape index (κ3) is 3.91. The number of imidazole rings is 1. The predicted octanol–water partition coefficient (Wildman–Crippen LogP) is 3.01. The number of amides is 1. The number of hydroxylamine groups is 1. The zero-order valence-corrected chi connectivity index (χ0v) is 16.6. The first-order valence-corrected chi connectivity index (χ1v) is 9.71. The lowest BCUT2D eigenvalue weighted by Gasteiger charge is -2.18. The van der Waals surface area contributed by atoms with Gasteiger partial charge in [0, 0.05) is 37.8 Å². The van der Waals surface area contributed by atoms with E-state index in [2.05, 4.69) is 20.3 Å². The summed E-state index contributed by atoms with van der Waals surface area (Å²) in [5.74, 6) is -0.282. The third-order valence-corrected chi connectivity index (χ3v) is 5.14. The molecule has 1 saturated heterocycles. The van der Waals surface area contributed by atoms with Crippen molar-refractivity contribution in [1.82, 2.24) is 19.9 Å². The Hall–Kier alpha value is -3.24. The van der Waals surface area contributed by atoms with Crippen LogP contribution >= 0.6 is 11.6 Å². The summed E-state index contributed by atoms with van der Waals surface area (Å²) < 4.78 is 13.4. The van der Waals surface area contributed by atoms with Crippen molar-refractivity contribution >= 4 is 46.1 Å². The standard InChI is InChI=1S/C19H19ClFN7O2/c20-13-10-11(3-4-14(13)21)28(30)17(22)12-5-6-23-18-16(12)25-19(26-18)24-7-9-27-8-1-2-15(27)29/h3-6,10,22,30H,1-2,7-9H2,(H2,23,24,25,26). The summed E-state index contributed by atoms with van der Waals surface area (Å²) in [5, 5.41) is 22.3. The number of aromatic nitrogens is 3. The van der Waals surface area contributed by atoms with Crippen LogP contribution in [-0.2, 0) is 4.79 Å². The van der Waals surface area contributed by atoms with E-state index in [-0.39, 0.29) is 22.5 Å². The van der Waals surface area contributed by atoms with E-state index in [1.807, 2.05) is 0 Å². The van der Waals surface area contributed by atoms with Crippen LogP contribution in [-0.4, -0.2) is 56.4 Å². The molecule has 0 atom stereocenters. The number of hydrogen-bond acceptors (Lipinski definition) is 6. The summed E-state index contributed by atoms with van der Waals surface area (Å²) in [6.45, 7) is 1.85. The lowest BCUT2D eigenvalue weighted by molar-refractivity contribution is -0.127. The van der Waals surface area contributed by atoms with Gasteiger partial charge in [-0.15, -0.1) is 0 Å². The monoisotopic (exact) mass is 431 g/mol. The molecule has 1 aliphatic rings. The molecular formula is C19H19ClFN7O2. The van der Waals surface area contributed by atoms with Crippen molar-refractivity contribution in [3.05, 3.63) is 46.9 Å². The number of hydrogen-bond donors (Lipinski definition) is 4. The Morgan fingerprint density at radius 1 is 1.43 bits per heavy atom. The summed E-state index contributed by atoms with van der Waals surface area (Å²) in [5.41, 5.74) is 1.31. The van der Waals surface area contributed by atoms with Crippen LogP contribution in [0.25, 0.3) is 11.2 Å². The number of carbonyl (C=O) groups excluding carboxylic acids is 1. The molecule has 0 saturated carbocycles. The van der Waals surface area contributed by atoms with Crippen molar-refractivity contribution < 1.29 is 14.4 Å². The normalized spacial score (nSPS) is 13.8. The van der Waals surface area contributed by atoms with Crippen molar-refractivity contribution in [2.75, 3.05) is 30.0 Å². The van der Waals surface area contributed by atoms with E-state index in [9.17, 15) is 14.4 Å². The van der Waals surface area contributed by atoms with Crippen LogP contribution in [0.4, 0.5) is 16.0 Å². The van der Waals surface area contributed by atoms with Crippen molar-refractivity contribution in [3.8, 4) is 0 Å². The molecule has 0 aliphatic carbocycles. The lowest BCUT2D eigenvalue weighted by Crippen LogP contribution is -2.30. The van der Waals surface area contributed by atoms with Gasteiger partial charge in [0.15, 0.2) is 11.5 Å². The van der Waals surface area contributed by atoms with E-state index in [4.69, 9.17) is 17.0 Å². The summed E-state index contributed by atoms with van der Waals surface area (Å²) in [7, 11) is 0. The van der Waals surface area contributed by atoms with E-state index in [0.717, 1.165) is 19.0 Å². The van der Waals surface area contributed by atoms with Crippen LogP contribution in [0.5, 0.6) is 0 Å². The van der Waals surface area contributed by atoms with Gasteiger partial charge in [-0.25, -0.2) is 14.4 Å². The molecule has 30 heavy (non-hydrogen) atoms. The molecule has 0 radical (unpaired) electrons. The average Bonchev–Trinajstić information content (AvgIpc) is 3.34. The summed E-state index contributed by atoms with van der Waals surface area (Å²) in [4.78, 5) is 25.1. The van der Waals surface area contributed by atoms with Crippen LogP contribution in [0.3, 0.4) is 0 Å². The highest BCUT2D eigenvalue weighted by atomic mass is 35.5. The fourth-order valence-electron chi connectivity index (χ4n) is 3.30. The number of nitrogens with one attached hydrogen (secondary N) is 3. The van der Waals surface area contributed by atoms with Gasteiger partial charge in [-0.05, 0) is 30.7 Å². The van der Waals surface area contributed by atoms with E-state index in [1.165, 1.54) is 18.3 Å². The van der Waals surface area contributed by atoms with Gasteiger partial charge in [0.05, 0.1) is 16.2 Å². The number of fused-ring (bicyclic) bond motifs is 1. The Bertz CT molecular complexity index is 1120. The maximum Gasteiger partial charge on any atom is 0.222 e. The van der Waals surface area contributed by atoms with Gasteiger partial charge in [0.2, 0.25) is 11.9 Å². The number of H-pyrrole nitrogens is 1. The van der Waals surface area contributed by atoms with Crippen molar-refractivity contribution in [2.45, 2.75) is 12.8 Å². The molecule has 0 spiro atoms. The minimum Gasteiger partial charge on any atom is -0.354 e. The molecule has 1 fully saturated rings. The molecule has 3 heterocycles. The minimum atomic E-state index is -0.619. The molecule has 156 valence electrons. The molecule has 2 aromatic heterocycles. The molecule has 0 unspecified atom stereocenters. The highest BCUT2D eigenvalue weighted by Gasteiger charge is 2.20. The summed E-state index contributed by atoms with van der Waals surface area (Å²) >= 11 is 5.77. The second-order valence-electron chi connectivity index (χ2n) is 6.81. The summed E-state index contributed by atoms with van der Waals surface area (Å²) in [6, 6.07) is 5.21. The molecule has 1 amide bonds. The Kier molecular flexibility index (Phi) is 5.51. The number of aromatic amines is 1. The van der Waals surface area contributed by atoms with Gasteiger partial charge in [-0.1, -0.05) is 11.6 Å². The molecule has 1 aromatic carbocycles. The number of rotatable bonds is 6. The van der Waals surface area contributed by atoms with Crippen molar-refractivity contribution in [2.24, 2.45) is 0 Å². The van der Waals surface area contributed by atoms with Gasteiger partial charge < -0.3 is 15.2 Å². The van der Waals surface area contributed by atoms with E-state index >= 15 is 0 Å². The first-order valence-electron chi connectivity index (χ1n) is 9.33. The Balaban J connectivity index is 1.51. The van der Waals surface area contributed by atoms with E-state index < -0.39 is 5.82 Å². The molecule has 9 nitrogen and oxygen atoms in total. The van der Waals surface area contributed by atoms with Crippen molar-refractivity contribution in [1.29, 1.82) is 5.41 Å². The number of halogens is 2. The van der Waals surface area contributed by atoms with E-state index in [1.54, 1.807) is 11.0 Å². The smallest absolute Gasteiger partial charge is 0.222 e. The first kappa shape index (κ1) is 20.0. The molecule has 11 heteroatoms. The zero-order chi connectivity index (χ0) is 21.3. The largest absolute Gasteiger partial charge is 0.354 e. The number of anilines is 2. The summed E-state index contributed by atoms with van der Waals surface area (Å²) in [6.07, 6.45) is 2.96. The minimum absolute atomic E-state index is 0.143. The highest BCUT2D eigenvalue weighted by molar-refractivity contribution is 6.31. The topological polar surface area (TPSA) is 121 Å². The lowest BCUT2D eigenvalue weighted by atomic mass is 10.2. The molecule has 4 rings (SSSR count). The Morgan fingerprint density at radius 2 is 2.27 bits per heavy atom. The second kappa shape index (κ2) is 8.25. The van der Waals surface area contributed by atoms with Gasteiger partial charge in [0.1, 0.15) is 5.82 Å². The number of nitrogens with zero attached hydrogens (tertiary/aromatic N) is 4. The number of amidine groups is 1. The van der Waals surface area contributed by atoms with Gasteiger partial charge in [-0.3, -0.25) is 15.4 Å². The quantitative estimate of drug-likeness (QED) is 0.270. The molecule has 3 aromatic rings. The second-order valence-corrected chi connectivity index (χ2v) is 7.22.